The first-order chi connectivity index (χ1) is 9.83. The average molecular weight is 289 g/mol. The molecule has 7 heteroatoms. The first-order valence-electron chi connectivity index (χ1n) is 6.46. The van der Waals surface area contributed by atoms with Crippen LogP contribution in [0.25, 0.3) is 0 Å². The molecule has 1 saturated heterocycles. The van der Waals surface area contributed by atoms with E-state index in [9.17, 15) is 4.79 Å². The van der Waals surface area contributed by atoms with Gasteiger partial charge < -0.3 is 10.2 Å². The molecule has 2 aromatic heterocycles. The van der Waals surface area contributed by atoms with E-state index in [4.69, 9.17) is 0 Å². The molecule has 104 valence electrons. The van der Waals surface area contributed by atoms with Gasteiger partial charge in [0.05, 0.1) is 4.88 Å². The van der Waals surface area contributed by atoms with Gasteiger partial charge in [-0.05, 0) is 17.5 Å². The topological polar surface area (TPSA) is 70.2 Å². The third-order valence-electron chi connectivity index (χ3n) is 3.05. The van der Waals surface area contributed by atoms with Gasteiger partial charge in [0.25, 0.3) is 5.91 Å². The van der Waals surface area contributed by atoms with E-state index in [0.717, 1.165) is 32.0 Å². The van der Waals surface area contributed by atoms with Crippen LogP contribution in [-0.2, 0) is 0 Å². The maximum absolute atomic E-state index is 12.0. The highest BCUT2D eigenvalue weighted by Crippen LogP contribution is 2.14. The summed E-state index contributed by atoms with van der Waals surface area (Å²) in [5.74, 6) is 1.03. The van der Waals surface area contributed by atoms with Gasteiger partial charge in [-0.15, -0.1) is 11.3 Å². The van der Waals surface area contributed by atoms with Gasteiger partial charge in [-0.3, -0.25) is 10.1 Å². The lowest BCUT2D eigenvalue weighted by Crippen LogP contribution is -2.43. The van der Waals surface area contributed by atoms with Crippen molar-refractivity contribution < 1.29 is 4.79 Å². The number of aromatic nitrogens is 2. The minimum Gasteiger partial charge on any atom is -0.354 e. The fraction of sp³-hybridized carbons (Fsp3) is 0.308. The van der Waals surface area contributed by atoms with Gasteiger partial charge in [0.15, 0.2) is 0 Å². The summed E-state index contributed by atoms with van der Waals surface area (Å²) in [6.07, 6.45) is 1.68. The lowest BCUT2D eigenvalue weighted by atomic mass is 10.3. The Labute approximate surface area is 120 Å². The molecule has 6 nitrogen and oxygen atoms in total. The van der Waals surface area contributed by atoms with Gasteiger partial charge in [0.2, 0.25) is 5.95 Å². The smallest absolute Gasteiger partial charge is 0.268 e. The van der Waals surface area contributed by atoms with Crippen LogP contribution in [0.4, 0.5) is 11.8 Å². The normalized spacial score (nSPS) is 15.1. The highest BCUT2D eigenvalue weighted by Gasteiger charge is 2.14. The SMILES string of the molecule is O=C(Nc1nccc(N2CCNCC2)n1)c1cccs1. The number of hydrogen-bond acceptors (Lipinski definition) is 6. The van der Waals surface area contributed by atoms with Crippen molar-refractivity contribution >= 4 is 29.0 Å². The number of hydrogen-bond donors (Lipinski definition) is 2. The number of amides is 1. The largest absolute Gasteiger partial charge is 0.354 e. The Morgan fingerprint density at radius 1 is 1.35 bits per heavy atom. The first-order valence-corrected chi connectivity index (χ1v) is 7.34. The predicted molar refractivity (Wildman–Crippen MR) is 79.4 cm³/mol. The molecule has 1 aliphatic heterocycles. The third kappa shape index (κ3) is 2.94. The van der Waals surface area contributed by atoms with Crippen LogP contribution in [0, 0.1) is 0 Å². The molecule has 0 atom stereocenters. The molecule has 3 rings (SSSR count). The van der Waals surface area contributed by atoms with E-state index in [1.807, 2.05) is 17.5 Å². The average Bonchev–Trinajstić information content (AvgIpc) is 3.03. The van der Waals surface area contributed by atoms with E-state index >= 15 is 0 Å². The molecule has 0 radical (unpaired) electrons. The number of rotatable bonds is 3. The Kier molecular flexibility index (Phi) is 3.89. The lowest BCUT2D eigenvalue weighted by molar-refractivity contribution is 0.102. The van der Waals surface area contributed by atoms with Gasteiger partial charge >= 0.3 is 0 Å². The minimum atomic E-state index is -0.169. The third-order valence-corrected chi connectivity index (χ3v) is 3.92. The molecule has 1 aliphatic rings. The second-order valence-corrected chi connectivity index (χ2v) is 5.35. The summed E-state index contributed by atoms with van der Waals surface area (Å²) in [6.45, 7) is 3.71. The molecular formula is C13H15N5OS. The molecule has 0 bridgehead atoms. The van der Waals surface area contributed by atoms with Crippen molar-refractivity contribution in [2.24, 2.45) is 0 Å². The zero-order chi connectivity index (χ0) is 13.8. The molecule has 0 unspecified atom stereocenters. The van der Waals surface area contributed by atoms with Crippen LogP contribution in [0.3, 0.4) is 0 Å². The molecular weight excluding hydrogens is 274 g/mol. The zero-order valence-electron chi connectivity index (χ0n) is 10.9. The van der Waals surface area contributed by atoms with Crippen molar-refractivity contribution in [1.82, 2.24) is 15.3 Å². The molecule has 0 aromatic carbocycles. The number of nitrogens with zero attached hydrogens (tertiary/aromatic N) is 3. The van der Waals surface area contributed by atoms with Gasteiger partial charge in [-0.25, -0.2) is 4.98 Å². The lowest BCUT2D eigenvalue weighted by Gasteiger charge is -2.28. The van der Waals surface area contributed by atoms with E-state index in [1.54, 1.807) is 12.3 Å². The Morgan fingerprint density at radius 3 is 2.95 bits per heavy atom. The predicted octanol–water partition coefficient (Wildman–Crippen LogP) is 1.20. The summed E-state index contributed by atoms with van der Waals surface area (Å²) in [7, 11) is 0. The maximum Gasteiger partial charge on any atom is 0.268 e. The number of piperazine rings is 1. The molecule has 2 aromatic rings. The zero-order valence-corrected chi connectivity index (χ0v) is 11.7. The number of carbonyl (C=O) groups excluding carboxylic acids is 1. The minimum absolute atomic E-state index is 0.169. The van der Waals surface area contributed by atoms with Crippen LogP contribution in [0.2, 0.25) is 0 Å². The Bertz CT molecular complexity index is 580. The summed E-state index contributed by atoms with van der Waals surface area (Å²) in [4.78, 5) is 23.3. The van der Waals surface area contributed by atoms with Crippen LogP contribution in [-0.4, -0.2) is 42.1 Å². The second kappa shape index (κ2) is 5.98. The van der Waals surface area contributed by atoms with Crippen molar-refractivity contribution in [3.8, 4) is 0 Å². The van der Waals surface area contributed by atoms with Crippen molar-refractivity contribution in [3.63, 3.8) is 0 Å². The molecule has 0 aliphatic carbocycles. The number of anilines is 2. The van der Waals surface area contributed by atoms with Gasteiger partial charge in [0.1, 0.15) is 5.82 Å². The van der Waals surface area contributed by atoms with Crippen LogP contribution in [0.15, 0.2) is 29.8 Å². The Balaban J connectivity index is 1.72. The summed E-state index contributed by atoms with van der Waals surface area (Å²) >= 11 is 1.40. The van der Waals surface area contributed by atoms with Gasteiger partial charge in [-0.2, -0.15) is 4.98 Å². The molecule has 0 saturated carbocycles. The molecule has 1 fully saturated rings. The van der Waals surface area contributed by atoms with Crippen LogP contribution in [0.5, 0.6) is 0 Å². The quantitative estimate of drug-likeness (QED) is 0.888. The summed E-state index contributed by atoms with van der Waals surface area (Å²) in [5.41, 5.74) is 0. The highest BCUT2D eigenvalue weighted by molar-refractivity contribution is 7.12. The van der Waals surface area contributed by atoms with Crippen LogP contribution in [0.1, 0.15) is 9.67 Å². The van der Waals surface area contributed by atoms with Crippen LogP contribution >= 0.6 is 11.3 Å². The number of nitrogens with one attached hydrogen (secondary N) is 2. The molecule has 20 heavy (non-hydrogen) atoms. The van der Waals surface area contributed by atoms with Crippen molar-refractivity contribution in [3.05, 3.63) is 34.7 Å². The van der Waals surface area contributed by atoms with E-state index in [1.165, 1.54) is 11.3 Å². The molecule has 0 spiro atoms. The number of carbonyl (C=O) groups is 1. The number of thiophene rings is 1. The summed E-state index contributed by atoms with van der Waals surface area (Å²) in [5, 5.41) is 7.90. The van der Waals surface area contributed by atoms with Crippen molar-refractivity contribution in [1.29, 1.82) is 0 Å². The van der Waals surface area contributed by atoms with Crippen molar-refractivity contribution in [2.75, 3.05) is 36.4 Å². The molecule has 3 heterocycles. The van der Waals surface area contributed by atoms with Crippen LogP contribution < -0.4 is 15.5 Å². The standard InChI is InChI=1S/C13H15N5OS/c19-12(10-2-1-9-20-10)17-13-15-4-3-11(16-13)18-7-5-14-6-8-18/h1-4,9,14H,5-8H2,(H,15,16,17,19). The van der Waals surface area contributed by atoms with E-state index in [2.05, 4.69) is 25.5 Å². The first kappa shape index (κ1) is 13.0. The Morgan fingerprint density at radius 2 is 2.20 bits per heavy atom. The van der Waals surface area contributed by atoms with Gasteiger partial charge in [0, 0.05) is 32.4 Å². The second-order valence-electron chi connectivity index (χ2n) is 4.41. The van der Waals surface area contributed by atoms with E-state index in [-0.39, 0.29) is 5.91 Å². The highest BCUT2D eigenvalue weighted by atomic mass is 32.1. The van der Waals surface area contributed by atoms with E-state index in [0.29, 0.717) is 10.8 Å². The fourth-order valence-electron chi connectivity index (χ4n) is 2.05. The maximum atomic E-state index is 12.0. The molecule has 2 N–H and O–H groups in total. The monoisotopic (exact) mass is 289 g/mol. The van der Waals surface area contributed by atoms with Crippen molar-refractivity contribution in [2.45, 2.75) is 0 Å². The fourth-order valence-corrected chi connectivity index (χ4v) is 2.67. The Hall–Kier alpha value is -1.99. The van der Waals surface area contributed by atoms with E-state index < -0.39 is 0 Å². The van der Waals surface area contributed by atoms with Gasteiger partial charge in [-0.1, -0.05) is 6.07 Å². The summed E-state index contributed by atoms with van der Waals surface area (Å²) < 4.78 is 0. The summed E-state index contributed by atoms with van der Waals surface area (Å²) in [6, 6.07) is 5.49. The molecule has 1 amide bonds.